The molecule has 0 aromatic heterocycles. The standard InChI is InChI=1S/C18H19NO4S/c1-13-7-9-14(10-8-13)16(20)11-12-17(18(19)21)24(22,23)15-5-3-2-4-6-15/h2-10,17H,11-12H2,1H3,(H2,19,21)/t17-/m0/s1. The van der Waals surface area contributed by atoms with Crippen LogP contribution in [0.2, 0.25) is 0 Å². The number of carbonyl (C=O) groups excluding carboxylic acids is 2. The molecule has 1 atom stereocenters. The quantitative estimate of drug-likeness (QED) is 0.779. The Bertz CT molecular complexity index is 827. The number of hydrogen-bond acceptors (Lipinski definition) is 4. The van der Waals surface area contributed by atoms with Gasteiger partial charge in [0.05, 0.1) is 4.90 Å². The molecule has 0 aliphatic rings. The summed E-state index contributed by atoms with van der Waals surface area (Å²) in [5.74, 6) is -1.17. The van der Waals surface area contributed by atoms with Crippen LogP contribution in [0.4, 0.5) is 0 Å². The zero-order valence-corrected chi connectivity index (χ0v) is 14.1. The highest BCUT2D eigenvalue weighted by Crippen LogP contribution is 2.20. The minimum absolute atomic E-state index is 0.0246. The van der Waals surface area contributed by atoms with Crippen LogP contribution in [0.5, 0.6) is 0 Å². The zero-order chi connectivity index (χ0) is 17.7. The molecule has 0 aliphatic heterocycles. The van der Waals surface area contributed by atoms with Gasteiger partial charge in [0.15, 0.2) is 15.6 Å². The van der Waals surface area contributed by atoms with Gasteiger partial charge in [-0.3, -0.25) is 9.59 Å². The molecule has 0 bridgehead atoms. The number of hydrogen-bond donors (Lipinski definition) is 1. The third kappa shape index (κ3) is 4.08. The normalized spacial score (nSPS) is 12.5. The SMILES string of the molecule is Cc1ccc(C(=O)CC[C@@H](C(N)=O)S(=O)(=O)c2ccccc2)cc1. The van der Waals surface area contributed by atoms with Crippen LogP contribution in [0.25, 0.3) is 0 Å². The molecule has 24 heavy (non-hydrogen) atoms. The van der Waals surface area contributed by atoms with Crippen LogP contribution < -0.4 is 5.73 Å². The first kappa shape index (κ1) is 17.9. The van der Waals surface area contributed by atoms with E-state index in [0.717, 1.165) is 5.56 Å². The van der Waals surface area contributed by atoms with Crippen molar-refractivity contribution in [1.82, 2.24) is 0 Å². The molecule has 0 fully saturated rings. The molecule has 0 saturated heterocycles. The van der Waals surface area contributed by atoms with Crippen molar-refractivity contribution in [2.24, 2.45) is 5.73 Å². The second-order valence-corrected chi connectivity index (χ2v) is 7.71. The van der Waals surface area contributed by atoms with E-state index >= 15 is 0 Å². The molecule has 0 heterocycles. The van der Waals surface area contributed by atoms with Crippen molar-refractivity contribution in [3.8, 4) is 0 Å². The highest BCUT2D eigenvalue weighted by atomic mass is 32.2. The summed E-state index contributed by atoms with van der Waals surface area (Å²) in [6, 6.07) is 14.6. The highest BCUT2D eigenvalue weighted by molar-refractivity contribution is 7.92. The van der Waals surface area contributed by atoms with E-state index in [1.807, 2.05) is 6.92 Å². The monoisotopic (exact) mass is 345 g/mol. The van der Waals surface area contributed by atoms with Gasteiger partial charge in [0.1, 0.15) is 5.25 Å². The van der Waals surface area contributed by atoms with E-state index in [-0.39, 0.29) is 23.5 Å². The topological polar surface area (TPSA) is 94.3 Å². The average molecular weight is 345 g/mol. The number of ketones is 1. The lowest BCUT2D eigenvalue weighted by Gasteiger charge is -2.14. The lowest BCUT2D eigenvalue weighted by Crippen LogP contribution is -2.36. The van der Waals surface area contributed by atoms with Gasteiger partial charge >= 0.3 is 0 Å². The smallest absolute Gasteiger partial charge is 0.236 e. The van der Waals surface area contributed by atoms with Gasteiger partial charge in [-0.15, -0.1) is 0 Å². The fourth-order valence-electron chi connectivity index (χ4n) is 2.37. The maximum absolute atomic E-state index is 12.6. The summed E-state index contributed by atoms with van der Waals surface area (Å²) in [6.07, 6.45) is -0.206. The first-order valence-corrected chi connectivity index (χ1v) is 9.05. The summed E-state index contributed by atoms with van der Waals surface area (Å²) in [4.78, 5) is 23.9. The van der Waals surface area contributed by atoms with Crippen molar-refractivity contribution in [3.05, 3.63) is 65.7 Å². The van der Waals surface area contributed by atoms with Gasteiger partial charge in [-0.2, -0.15) is 0 Å². The third-order valence-electron chi connectivity index (χ3n) is 3.77. The van der Waals surface area contributed by atoms with Crippen LogP contribution in [0.15, 0.2) is 59.5 Å². The maximum Gasteiger partial charge on any atom is 0.236 e. The van der Waals surface area contributed by atoms with E-state index in [1.54, 1.807) is 42.5 Å². The van der Waals surface area contributed by atoms with E-state index in [1.165, 1.54) is 12.1 Å². The molecule has 1 amide bonds. The van der Waals surface area contributed by atoms with Crippen LogP contribution in [0, 0.1) is 6.92 Å². The summed E-state index contributed by atoms with van der Waals surface area (Å²) in [7, 11) is -3.91. The fraction of sp³-hybridized carbons (Fsp3) is 0.222. The summed E-state index contributed by atoms with van der Waals surface area (Å²) >= 11 is 0. The Balaban J connectivity index is 2.16. The van der Waals surface area contributed by atoms with Crippen LogP contribution >= 0.6 is 0 Å². The van der Waals surface area contributed by atoms with Crippen molar-refractivity contribution in [3.63, 3.8) is 0 Å². The van der Waals surface area contributed by atoms with E-state index in [9.17, 15) is 18.0 Å². The van der Waals surface area contributed by atoms with Crippen molar-refractivity contribution < 1.29 is 18.0 Å². The number of amides is 1. The van der Waals surface area contributed by atoms with Gasteiger partial charge in [-0.05, 0) is 25.5 Å². The molecule has 126 valence electrons. The van der Waals surface area contributed by atoms with Crippen molar-refractivity contribution in [2.45, 2.75) is 29.9 Å². The third-order valence-corrected chi connectivity index (χ3v) is 5.92. The van der Waals surface area contributed by atoms with Crippen LogP contribution in [0.1, 0.15) is 28.8 Å². The van der Waals surface area contributed by atoms with E-state index in [2.05, 4.69) is 0 Å². The number of benzene rings is 2. The first-order valence-electron chi connectivity index (χ1n) is 7.50. The number of aryl methyl sites for hydroxylation is 1. The molecule has 0 saturated carbocycles. The minimum atomic E-state index is -3.91. The van der Waals surface area contributed by atoms with E-state index in [0.29, 0.717) is 5.56 Å². The largest absolute Gasteiger partial charge is 0.369 e. The van der Waals surface area contributed by atoms with Crippen LogP contribution in [-0.2, 0) is 14.6 Å². The summed E-state index contributed by atoms with van der Waals surface area (Å²) in [5.41, 5.74) is 6.78. The number of primary amides is 1. The summed E-state index contributed by atoms with van der Waals surface area (Å²) < 4.78 is 25.1. The Kier molecular flexibility index (Phi) is 5.51. The zero-order valence-electron chi connectivity index (χ0n) is 13.3. The molecule has 0 spiro atoms. The molecule has 2 rings (SSSR count). The minimum Gasteiger partial charge on any atom is -0.369 e. The second-order valence-electron chi connectivity index (χ2n) is 5.58. The Morgan fingerprint density at radius 2 is 1.58 bits per heavy atom. The van der Waals surface area contributed by atoms with Crippen LogP contribution in [0.3, 0.4) is 0 Å². The Hall–Kier alpha value is -2.47. The molecule has 2 N–H and O–H groups in total. The Labute approximate surface area is 141 Å². The number of nitrogens with two attached hydrogens (primary N) is 1. The molecule has 2 aromatic carbocycles. The van der Waals surface area contributed by atoms with Gasteiger partial charge in [0, 0.05) is 12.0 Å². The highest BCUT2D eigenvalue weighted by Gasteiger charge is 2.32. The summed E-state index contributed by atoms with van der Waals surface area (Å²) in [6.45, 7) is 1.91. The van der Waals surface area contributed by atoms with Crippen LogP contribution in [-0.4, -0.2) is 25.4 Å². The van der Waals surface area contributed by atoms with E-state index in [4.69, 9.17) is 5.73 Å². The van der Waals surface area contributed by atoms with Crippen molar-refractivity contribution in [2.75, 3.05) is 0 Å². The second kappa shape index (κ2) is 7.40. The molecule has 6 heteroatoms. The van der Waals surface area contributed by atoms with Gasteiger partial charge in [0.2, 0.25) is 5.91 Å². The Morgan fingerprint density at radius 3 is 2.12 bits per heavy atom. The molecule has 0 radical (unpaired) electrons. The molecule has 2 aromatic rings. The lowest BCUT2D eigenvalue weighted by molar-refractivity contribution is -0.117. The van der Waals surface area contributed by atoms with Gasteiger partial charge in [-0.25, -0.2) is 8.42 Å². The predicted octanol–water partition coefficient (Wildman–Crippen LogP) is 2.29. The number of sulfone groups is 1. The number of Topliss-reactive ketones (excluding diaryl/α,β-unsaturated/α-hetero) is 1. The molecular weight excluding hydrogens is 326 g/mol. The molecular formula is C18H19NO4S. The number of rotatable bonds is 7. The maximum atomic E-state index is 12.6. The Morgan fingerprint density at radius 1 is 1.00 bits per heavy atom. The van der Waals surface area contributed by atoms with Gasteiger partial charge < -0.3 is 5.73 Å². The van der Waals surface area contributed by atoms with E-state index < -0.39 is 21.0 Å². The van der Waals surface area contributed by atoms with Crippen molar-refractivity contribution >= 4 is 21.5 Å². The number of carbonyl (C=O) groups is 2. The molecule has 5 nitrogen and oxygen atoms in total. The van der Waals surface area contributed by atoms with Crippen molar-refractivity contribution in [1.29, 1.82) is 0 Å². The predicted molar refractivity (Wildman–Crippen MR) is 91.4 cm³/mol. The summed E-state index contributed by atoms with van der Waals surface area (Å²) in [5, 5.41) is -1.42. The fourth-order valence-corrected chi connectivity index (χ4v) is 3.97. The molecule has 0 aliphatic carbocycles. The van der Waals surface area contributed by atoms with Gasteiger partial charge in [0.25, 0.3) is 0 Å². The van der Waals surface area contributed by atoms with Gasteiger partial charge in [-0.1, -0.05) is 48.0 Å². The molecule has 0 unspecified atom stereocenters. The lowest BCUT2D eigenvalue weighted by atomic mass is 10.0. The average Bonchev–Trinajstić information content (AvgIpc) is 2.55. The first-order chi connectivity index (χ1) is 11.3.